The van der Waals surface area contributed by atoms with E-state index in [4.69, 9.17) is 9.15 Å². The van der Waals surface area contributed by atoms with Crippen LogP contribution in [0.1, 0.15) is 41.6 Å². The first-order valence-corrected chi connectivity index (χ1v) is 10.5. The lowest BCUT2D eigenvalue weighted by Crippen LogP contribution is -2.48. The van der Waals surface area contributed by atoms with Gasteiger partial charge in [-0.25, -0.2) is 13.2 Å². The van der Waals surface area contributed by atoms with E-state index in [1.807, 2.05) is 24.3 Å². The minimum Gasteiger partial charge on any atom is -0.460 e. The molecule has 0 saturated carbocycles. The molecule has 2 heterocycles. The van der Waals surface area contributed by atoms with Crippen molar-refractivity contribution in [2.75, 3.05) is 26.2 Å². The Morgan fingerprint density at radius 3 is 2.63 bits per heavy atom. The predicted octanol–water partition coefficient (Wildman–Crippen LogP) is 2.35. The molecule has 1 aromatic carbocycles. The minimum absolute atomic E-state index is 0.116. The van der Waals surface area contributed by atoms with Gasteiger partial charge in [-0.1, -0.05) is 31.2 Å². The summed E-state index contributed by atoms with van der Waals surface area (Å²) in [4.78, 5) is 11.8. The first-order valence-electron chi connectivity index (χ1n) is 9.05. The normalized spacial score (nSPS) is 18.4. The van der Waals surface area contributed by atoms with Gasteiger partial charge >= 0.3 is 5.97 Å². The Morgan fingerprint density at radius 2 is 1.96 bits per heavy atom. The summed E-state index contributed by atoms with van der Waals surface area (Å²) >= 11 is 0. The van der Waals surface area contributed by atoms with E-state index in [0.717, 1.165) is 12.0 Å². The highest BCUT2D eigenvalue weighted by Crippen LogP contribution is 2.30. The van der Waals surface area contributed by atoms with Crippen LogP contribution >= 0.6 is 0 Å². The summed E-state index contributed by atoms with van der Waals surface area (Å²) in [5, 5.41) is 3.00. The van der Waals surface area contributed by atoms with E-state index in [9.17, 15) is 13.2 Å². The zero-order valence-corrected chi connectivity index (χ0v) is 16.3. The van der Waals surface area contributed by atoms with Crippen LogP contribution < -0.4 is 5.32 Å². The van der Waals surface area contributed by atoms with Gasteiger partial charge in [-0.2, -0.15) is 4.31 Å². The Hall–Kier alpha value is -2.16. The Kier molecular flexibility index (Phi) is 5.98. The van der Waals surface area contributed by atoms with Gasteiger partial charge in [0.05, 0.1) is 12.6 Å². The minimum atomic E-state index is -3.88. The lowest BCUT2D eigenvalue weighted by Gasteiger charge is -2.34. The van der Waals surface area contributed by atoms with Crippen LogP contribution in [0.3, 0.4) is 0 Å². The van der Waals surface area contributed by atoms with Gasteiger partial charge in [-0.05, 0) is 36.6 Å². The van der Waals surface area contributed by atoms with Crippen molar-refractivity contribution in [3.05, 3.63) is 53.3 Å². The molecule has 0 amide bonds. The van der Waals surface area contributed by atoms with Gasteiger partial charge in [0.2, 0.25) is 10.9 Å². The summed E-state index contributed by atoms with van der Waals surface area (Å²) < 4.78 is 37.9. The molecule has 1 aliphatic rings. The van der Waals surface area contributed by atoms with Gasteiger partial charge in [-0.3, -0.25) is 0 Å². The number of esters is 1. The van der Waals surface area contributed by atoms with Crippen molar-refractivity contribution in [1.82, 2.24) is 9.62 Å². The number of sulfonamides is 1. The average Bonchev–Trinajstić information content (AvgIpc) is 3.19. The highest BCUT2D eigenvalue weighted by molar-refractivity contribution is 7.89. The fourth-order valence-corrected chi connectivity index (χ4v) is 4.65. The zero-order valence-electron chi connectivity index (χ0n) is 15.5. The van der Waals surface area contributed by atoms with E-state index in [2.05, 4.69) is 12.2 Å². The monoisotopic (exact) mass is 392 g/mol. The molecule has 0 radical (unpaired) electrons. The number of nitrogens with one attached hydrogen (secondary N) is 1. The molecule has 0 bridgehead atoms. The van der Waals surface area contributed by atoms with Crippen LogP contribution in [0.5, 0.6) is 0 Å². The topological polar surface area (TPSA) is 88.9 Å². The van der Waals surface area contributed by atoms with Crippen LogP contribution in [0.4, 0.5) is 0 Å². The van der Waals surface area contributed by atoms with Crippen molar-refractivity contribution >= 4 is 16.0 Å². The molecular formula is C19H24N2O5S. The summed E-state index contributed by atoms with van der Waals surface area (Å²) in [6.45, 7) is 5.32. The molecule has 1 atom stereocenters. The number of nitrogens with zero attached hydrogens (tertiary/aromatic N) is 1. The van der Waals surface area contributed by atoms with E-state index >= 15 is 0 Å². The zero-order chi connectivity index (χ0) is 19.4. The molecule has 1 N–H and O–H groups in total. The molecule has 8 heteroatoms. The standard InChI is InChI=1S/C19H24N2O5S/c1-3-14-5-7-15(8-6-14)16-13-20-11-12-21(16)27(23,24)18-10-9-17(26-18)19(22)25-4-2/h5-10,16,20H,3-4,11-13H2,1-2H3. The summed E-state index contributed by atoms with van der Waals surface area (Å²) in [6.07, 6.45) is 0.925. The Balaban J connectivity index is 1.89. The number of piperazine rings is 1. The van der Waals surface area contributed by atoms with Crippen LogP contribution in [0.15, 0.2) is 45.9 Å². The van der Waals surface area contributed by atoms with Gasteiger partial charge < -0.3 is 14.5 Å². The van der Waals surface area contributed by atoms with E-state index in [1.165, 1.54) is 22.0 Å². The number of aryl methyl sites for hydroxylation is 1. The second-order valence-electron chi connectivity index (χ2n) is 6.27. The first kappa shape index (κ1) is 19.6. The van der Waals surface area contributed by atoms with E-state index < -0.39 is 16.0 Å². The van der Waals surface area contributed by atoms with Crippen LogP contribution in [0.2, 0.25) is 0 Å². The molecule has 1 fully saturated rings. The molecule has 1 aliphatic heterocycles. The second-order valence-corrected chi connectivity index (χ2v) is 8.09. The van der Waals surface area contributed by atoms with Crippen molar-refractivity contribution in [2.45, 2.75) is 31.4 Å². The van der Waals surface area contributed by atoms with Crippen LogP contribution in [-0.2, 0) is 21.2 Å². The fourth-order valence-electron chi connectivity index (χ4n) is 3.12. The maximum Gasteiger partial charge on any atom is 0.374 e. The molecule has 1 unspecified atom stereocenters. The van der Waals surface area contributed by atoms with E-state index in [1.54, 1.807) is 6.92 Å². The number of carbonyl (C=O) groups excluding carboxylic acids is 1. The maximum absolute atomic E-state index is 13.1. The number of rotatable bonds is 6. The highest BCUT2D eigenvalue weighted by atomic mass is 32.2. The Bertz CT molecular complexity index is 889. The molecule has 1 saturated heterocycles. The third kappa shape index (κ3) is 4.07. The maximum atomic E-state index is 13.1. The summed E-state index contributed by atoms with van der Waals surface area (Å²) in [6, 6.07) is 10.3. The van der Waals surface area contributed by atoms with Crippen molar-refractivity contribution in [2.24, 2.45) is 0 Å². The molecule has 7 nitrogen and oxygen atoms in total. The molecule has 1 aromatic heterocycles. The second kappa shape index (κ2) is 8.24. The largest absolute Gasteiger partial charge is 0.460 e. The lowest BCUT2D eigenvalue weighted by atomic mass is 10.0. The van der Waals surface area contributed by atoms with Crippen molar-refractivity contribution in [3.63, 3.8) is 0 Å². The Labute approximate surface area is 159 Å². The van der Waals surface area contributed by atoms with Crippen molar-refractivity contribution < 1.29 is 22.4 Å². The number of hydrogen-bond donors (Lipinski definition) is 1. The molecule has 0 aliphatic carbocycles. The number of hydrogen-bond acceptors (Lipinski definition) is 6. The summed E-state index contributed by atoms with van der Waals surface area (Å²) in [5.41, 5.74) is 2.11. The summed E-state index contributed by atoms with van der Waals surface area (Å²) in [7, 11) is -3.88. The third-order valence-corrected chi connectivity index (χ3v) is 6.37. The lowest BCUT2D eigenvalue weighted by molar-refractivity contribution is 0.0483. The van der Waals surface area contributed by atoms with Crippen molar-refractivity contribution in [3.8, 4) is 0 Å². The molecular weight excluding hydrogens is 368 g/mol. The number of benzene rings is 1. The van der Waals surface area contributed by atoms with Gasteiger partial charge in [0, 0.05) is 19.6 Å². The van der Waals surface area contributed by atoms with Gasteiger partial charge in [-0.15, -0.1) is 0 Å². The van der Waals surface area contributed by atoms with Crippen LogP contribution in [-0.4, -0.2) is 44.9 Å². The van der Waals surface area contributed by atoms with Crippen LogP contribution in [0, 0.1) is 0 Å². The quantitative estimate of drug-likeness (QED) is 0.759. The fraction of sp³-hybridized carbons (Fsp3) is 0.421. The molecule has 27 heavy (non-hydrogen) atoms. The summed E-state index contributed by atoms with van der Waals surface area (Å²) in [5.74, 6) is -0.791. The third-order valence-electron chi connectivity index (χ3n) is 4.59. The van der Waals surface area contributed by atoms with Crippen molar-refractivity contribution in [1.29, 1.82) is 0 Å². The number of furan rings is 1. The van der Waals surface area contributed by atoms with E-state index in [0.29, 0.717) is 19.6 Å². The number of carbonyl (C=O) groups is 1. The number of ether oxygens (including phenoxy) is 1. The first-order chi connectivity index (χ1) is 13.0. The molecule has 0 spiro atoms. The average molecular weight is 392 g/mol. The molecule has 146 valence electrons. The highest BCUT2D eigenvalue weighted by Gasteiger charge is 2.36. The molecule has 2 aromatic rings. The van der Waals surface area contributed by atoms with Gasteiger partial charge in [0.1, 0.15) is 0 Å². The van der Waals surface area contributed by atoms with Crippen LogP contribution in [0.25, 0.3) is 0 Å². The Morgan fingerprint density at radius 1 is 1.22 bits per heavy atom. The smallest absolute Gasteiger partial charge is 0.374 e. The van der Waals surface area contributed by atoms with E-state index in [-0.39, 0.29) is 23.5 Å². The van der Waals surface area contributed by atoms with Gasteiger partial charge in [0.15, 0.2) is 0 Å². The molecule has 3 rings (SSSR count). The predicted molar refractivity (Wildman–Crippen MR) is 100.0 cm³/mol. The van der Waals surface area contributed by atoms with Gasteiger partial charge in [0.25, 0.3) is 10.0 Å². The SMILES string of the molecule is CCOC(=O)c1ccc(S(=O)(=O)N2CCNCC2c2ccc(CC)cc2)o1.